The number of pyridine rings is 1. The number of amides is 1. The second kappa shape index (κ2) is 9.00. The van der Waals surface area contributed by atoms with Crippen molar-refractivity contribution in [3.05, 3.63) is 68.6 Å². The number of hydrogen-bond acceptors (Lipinski definition) is 5. The Balaban J connectivity index is 1.42. The number of carbonyl (C=O) groups excluding carboxylic acids is 2. The van der Waals surface area contributed by atoms with Crippen molar-refractivity contribution in [3.63, 3.8) is 0 Å². The molecule has 2 aromatic rings. The number of aromatic nitrogens is 1. The molecule has 0 spiro atoms. The molecule has 1 amide bonds. The Morgan fingerprint density at radius 2 is 1.78 bits per heavy atom. The van der Waals surface area contributed by atoms with Gasteiger partial charge in [0.15, 0.2) is 5.78 Å². The predicted molar refractivity (Wildman–Crippen MR) is 124 cm³/mol. The van der Waals surface area contributed by atoms with Crippen molar-refractivity contribution in [1.29, 1.82) is 0 Å². The fourth-order valence-electron chi connectivity index (χ4n) is 4.58. The maximum Gasteiger partial charge on any atom is 0.261 e. The van der Waals surface area contributed by atoms with E-state index in [1.165, 1.54) is 11.6 Å². The average molecular weight is 437 g/mol. The lowest BCUT2D eigenvalue weighted by atomic mass is 9.75. The molecule has 1 aliphatic carbocycles. The van der Waals surface area contributed by atoms with E-state index in [4.69, 9.17) is 0 Å². The number of aromatic amines is 1. The van der Waals surface area contributed by atoms with Crippen molar-refractivity contribution < 1.29 is 9.59 Å². The lowest BCUT2D eigenvalue weighted by Gasteiger charge is -2.32. The summed E-state index contributed by atoms with van der Waals surface area (Å²) in [6.07, 6.45) is 1.03. The highest BCUT2D eigenvalue weighted by atomic mass is 16.2. The van der Waals surface area contributed by atoms with Crippen LogP contribution < -0.4 is 10.9 Å². The number of Topliss-reactive ketones (excluding diaryl/α,β-unsaturated/α-hetero) is 1. The van der Waals surface area contributed by atoms with Gasteiger partial charge in [-0.25, -0.2) is 0 Å². The van der Waals surface area contributed by atoms with E-state index in [0.29, 0.717) is 30.6 Å². The first-order chi connectivity index (χ1) is 15.2. The molecule has 2 N–H and O–H groups in total. The number of fused-ring (bicyclic) bond motifs is 1. The van der Waals surface area contributed by atoms with Gasteiger partial charge in [0, 0.05) is 56.9 Å². The van der Waals surface area contributed by atoms with Crippen LogP contribution in [0.3, 0.4) is 0 Å². The van der Waals surface area contributed by atoms with Gasteiger partial charge in [-0.1, -0.05) is 38.1 Å². The summed E-state index contributed by atoms with van der Waals surface area (Å²) in [6, 6.07) is 9.63. The minimum absolute atomic E-state index is 0.00889. The lowest BCUT2D eigenvalue weighted by molar-refractivity contribution is 0.0910. The summed E-state index contributed by atoms with van der Waals surface area (Å²) in [7, 11) is 2.14. The Morgan fingerprint density at radius 3 is 2.53 bits per heavy atom. The number of benzene rings is 1. The Bertz CT molecular complexity index is 1080. The number of carbonyl (C=O) groups is 2. The normalized spacial score (nSPS) is 18.9. The number of likely N-dealkylation sites (N-methyl/N-ethyl adjacent to an activating group) is 1. The highest BCUT2D eigenvalue weighted by molar-refractivity contribution is 6.02. The van der Waals surface area contributed by atoms with Gasteiger partial charge < -0.3 is 15.2 Å². The van der Waals surface area contributed by atoms with Crippen molar-refractivity contribution >= 4 is 11.7 Å². The smallest absolute Gasteiger partial charge is 0.261 e. The van der Waals surface area contributed by atoms with Crippen LogP contribution in [0.25, 0.3) is 0 Å². The second-order valence-electron chi connectivity index (χ2n) is 9.93. The van der Waals surface area contributed by atoms with Crippen molar-refractivity contribution in [1.82, 2.24) is 20.1 Å². The number of hydrogen-bond donors (Lipinski definition) is 2. The van der Waals surface area contributed by atoms with Gasteiger partial charge in [0.05, 0.1) is 0 Å². The molecule has 7 heteroatoms. The third-order valence-corrected chi connectivity index (χ3v) is 6.41. The highest BCUT2D eigenvalue weighted by Gasteiger charge is 2.32. The maximum atomic E-state index is 12.7. The minimum Gasteiger partial charge on any atom is -0.348 e. The van der Waals surface area contributed by atoms with Crippen LogP contribution in [0.2, 0.25) is 0 Å². The Labute approximate surface area is 188 Å². The summed E-state index contributed by atoms with van der Waals surface area (Å²) in [6.45, 7) is 9.47. The molecule has 0 unspecified atom stereocenters. The van der Waals surface area contributed by atoms with E-state index in [2.05, 4.69) is 39.3 Å². The molecule has 4 rings (SSSR count). The Hall–Kier alpha value is -2.77. The van der Waals surface area contributed by atoms with Gasteiger partial charge >= 0.3 is 0 Å². The average Bonchev–Trinajstić information content (AvgIpc) is 2.73. The molecule has 0 atom stereocenters. The maximum absolute atomic E-state index is 12.7. The number of nitrogens with one attached hydrogen (secondary N) is 2. The first-order valence-electron chi connectivity index (χ1n) is 11.3. The summed E-state index contributed by atoms with van der Waals surface area (Å²) in [5.41, 5.74) is 2.64. The van der Waals surface area contributed by atoms with E-state index in [0.717, 1.165) is 38.3 Å². The van der Waals surface area contributed by atoms with Gasteiger partial charge in [-0.15, -0.1) is 0 Å². The molecular formula is C25H32N4O3. The SMILES string of the molecule is CN1CCN(Cc2cccc(CNC(=O)c3cc4c([nH]c3=O)CC(C)(C)CC4=O)c2)CC1. The van der Waals surface area contributed by atoms with E-state index in [1.54, 1.807) is 0 Å². The molecule has 1 fully saturated rings. The van der Waals surface area contributed by atoms with Crippen molar-refractivity contribution in [2.45, 2.75) is 39.8 Å². The molecule has 1 aliphatic heterocycles. The molecule has 2 aliphatic rings. The largest absolute Gasteiger partial charge is 0.348 e. The van der Waals surface area contributed by atoms with Crippen LogP contribution in [-0.4, -0.2) is 59.7 Å². The van der Waals surface area contributed by atoms with Crippen LogP contribution in [0.15, 0.2) is 35.1 Å². The predicted octanol–water partition coefficient (Wildman–Crippen LogP) is 2.21. The van der Waals surface area contributed by atoms with Crippen LogP contribution in [0, 0.1) is 5.41 Å². The second-order valence-corrected chi connectivity index (χ2v) is 9.93. The highest BCUT2D eigenvalue weighted by Crippen LogP contribution is 2.33. The fraction of sp³-hybridized carbons (Fsp3) is 0.480. The van der Waals surface area contributed by atoms with Crippen LogP contribution in [0.4, 0.5) is 0 Å². The minimum atomic E-state index is -0.462. The van der Waals surface area contributed by atoms with Gasteiger partial charge in [-0.3, -0.25) is 19.3 Å². The number of nitrogens with zero attached hydrogens (tertiary/aromatic N) is 2. The van der Waals surface area contributed by atoms with E-state index < -0.39 is 11.5 Å². The van der Waals surface area contributed by atoms with Gasteiger partial charge in [0.25, 0.3) is 11.5 Å². The van der Waals surface area contributed by atoms with E-state index >= 15 is 0 Å². The molecule has 0 radical (unpaired) electrons. The van der Waals surface area contributed by atoms with Crippen molar-refractivity contribution in [2.24, 2.45) is 5.41 Å². The number of ketones is 1. The van der Waals surface area contributed by atoms with Crippen LogP contribution in [0.5, 0.6) is 0 Å². The summed E-state index contributed by atoms with van der Waals surface area (Å²) >= 11 is 0. The van der Waals surface area contributed by atoms with Crippen molar-refractivity contribution in [2.75, 3.05) is 33.2 Å². The van der Waals surface area contributed by atoms with Crippen LogP contribution in [0.1, 0.15) is 57.8 Å². The molecule has 7 nitrogen and oxygen atoms in total. The lowest BCUT2D eigenvalue weighted by Crippen LogP contribution is -2.43. The fourth-order valence-corrected chi connectivity index (χ4v) is 4.58. The first-order valence-corrected chi connectivity index (χ1v) is 11.3. The number of rotatable bonds is 5. The molecule has 1 aromatic heterocycles. The molecule has 1 saturated heterocycles. The molecular weight excluding hydrogens is 404 g/mol. The summed E-state index contributed by atoms with van der Waals surface area (Å²) in [4.78, 5) is 45.3. The number of H-pyrrole nitrogens is 1. The standard InChI is InChI=1S/C25H32N4O3/c1-25(2)13-21-19(22(30)14-25)12-20(24(32)27-21)23(31)26-15-17-5-4-6-18(11-17)16-29-9-7-28(3)8-10-29/h4-6,11-12H,7-10,13-16H2,1-3H3,(H,26,31)(H,27,32). The van der Waals surface area contributed by atoms with Gasteiger partial charge in [-0.05, 0) is 36.1 Å². The summed E-state index contributed by atoms with van der Waals surface area (Å²) in [5, 5.41) is 2.84. The van der Waals surface area contributed by atoms with Crippen LogP contribution >= 0.6 is 0 Å². The summed E-state index contributed by atoms with van der Waals surface area (Å²) < 4.78 is 0. The monoisotopic (exact) mass is 436 g/mol. The third kappa shape index (κ3) is 5.16. The zero-order valence-electron chi connectivity index (χ0n) is 19.2. The zero-order chi connectivity index (χ0) is 22.9. The molecule has 0 bridgehead atoms. The van der Waals surface area contributed by atoms with Gasteiger partial charge in [0.1, 0.15) is 5.56 Å². The summed E-state index contributed by atoms with van der Waals surface area (Å²) in [5.74, 6) is -0.491. The van der Waals surface area contributed by atoms with Gasteiger partial charge in [0.2, 0.25) is 0 Å². The number of piperazine rings is 1. The molecule has 32 heavy (non-hydrogen) atoms. The van der Waals surface area contributed by atoms with E-state index in [-0.39, 0.29) is 16.8 Å². The van der Waals surface area contributed by atoms with Crippen molar-refractivity contribution in [3.8, 4) is 0 Å². The van der Waals surface area contributed by atoms with E-state index in [1.807, 2.05) is 26.0 Å². The third-order valence-electron chi connectivity index (χ3n) is 6.41. The quantitative estimate of drug-likeness (QED) is 0.751. The topological polar surface area (TPSA) is 85.5 Å². The molecule has 170 valence electrons. The molecule has 2 heterocycles. The molecule has 0 saturated carbocycles. The van der Waals surface area contributed by atoms with Crippen LogP contribution in [-0.2, 0) is 19.5 Å². The first kappa shape index (κ1) is 22.4. The van der Waals surface area contributed by atoms with E-state index in [9.17, 15) is 14.4 Å². The Morgan fingerprint density at radius 1 is 1.06 bits per heavy atom. The van der Waals surface area contributed by atoms with Gasteiger partial charge in [-0.2, -0.15) is 0 Å². The zero-order valence-corrected chi connectivity index (χ0v) is 19.2. The molecule has 1 aromatic carbocycles. The Kier molecular flexibility index (Phi) is 6.31.